The van der Waals surface area contributed by atoms with E-state index in [1.165, 1.54) is 12.1 Å². The second-order valence-electron chi connectivity index (χ2n) is 9.33. The normalized spacial score (nSPS) is 22.7. The van der Waals surface area contributed by atoms with Gasteiger partial charge in [-0.3, -0.25) is 4.79 Å². The predicted octanol–water partition coefficient (Wildman–Crippen LogP) is 4.47. The van der Waals surface area contributed by atoms with Crippen LogP contribution in [0.5, 0.6) is 0 Å². The molecule has 1 spiro atoms. The van der Waals surface area contributed by atoms with E-state index in [4.69, 9.17) is 0 Å². The number of halogens is 3. The minimum Gasteiger partial charge on any atom is -0.352 e. The van der Waals surface area contributed by atoms with E-state index in [0.717, 1.165) is 45.0 Å². The third kappa shape index (κ3) is 4.84. The van der Waals surface area contributed by atoms with E-state index in [1.54, 1.807) is 6.07 Å². The summed E-state index contributed by atoms with van der Waals surface area (Å²) in [6.07, 6.45) is -1.54. The Morgan fingerprint density at radius 2 is 1.81 bits per heavy atom. The molecule has 2 aliphatic rings. The molecule has 1 saturated heterocycles. The first-order valence-electron chi connectivity index (χ1n) is 9.65. The summed E-state index contributed by atoms with van der Waals surface area (Å²) < 4.78 is 39.2. The van der Waals surface area contributed by atoms with E-state index in [1.807, 2.05) is 0 Å². The highest BCUT2D eigenvalue weighted by molar-refractivity contribution is 5.82. The highest BCUT2D eigenvalue weighted by Gasteiger charge is 2.58. The number of alkyl halides is 3. The molecule has 1 atom stereocenters. The average molecular weight is 382 g/mol. The molecule has 2 fully saturated rings. The standard InChI is InChI=1S/C21H29F3N2O/c1-19(2,3)14-26-10-8-20(9-11-26)12-17(20)18(27)25-13-15-6-4-5-7-16(15)21(22,23)24/h4-7,17H,8-14H2,1-3H3,(H,25,27). The van der Waals surface area contributed by atoms with Crippen LogP contribution in [0.15, 0.2) is 24.3 Å². The number of nitrogens with zero attached hydrogens (tertiary/aromatic N) is 1. The summed E-state index contributed by atoms with van der Waals surface area (Å²) in [5.41, 5.74) is -0.224. The number of amides is 1. The van der Waals surface area contributed by atoms with E-state index in [2.05, 4.69) is 31.0 Å². The van der Waals surface area contributed by atoms with Gasteiger partial charge in [0.05, 0.1) is 5.56 Å². The van der Waals surface area contributed by atoms with Crippen LogP contribution >= 0.6 is 0 Å². The van der Waals surface area contributed by atoms with Gasteiger partial charge in [-0.05, 0) is 54.8 Å². The first kappa shape index (κ1) is 20.2. The third-order valence-electron chi connectivity index (χ3n) is 5.83. The van der Waals surface area contributed by atoms with Crippen molar-refractivity contribution >= 4 is 5.91 Å². The lowest BCUT2D eigenvalue weighted by atomic mass is 9.88. The predicted molar refractivity (Wildman–Crippen MR) is 99.0 cm³/mol. The van der Waals surface area contributed by atoms with Crippen molar-refractivity contribution in [2.24, 2.45) is 16.7 Å². The van der Waals surface area contributed by atoms with Crippen LogP contribution in [0.1, 0.15) is 51.2 Å². The van der Waals surface area contributed by atoms with Gasteiger partial charge in [-0.25, -0.2) is 0 Å². The Labute approximate surface area is 159 Å². The summed E-state index contributed by atoms with van der Waals surface area (Å²) in [5, 5.41) is 2.74. The molecule has 0 radical (unpaired) electrons. The largest absolute Gasteiger partial charge is 0.416 e. The molecule has 1 aromatic carbocycles. The van der Waals surface area contributed by atoms with Crippen molar-refractivity contribution in [2.45, 2.75) is 52.8 Å². The van der Waals surface area contributed by atoms with Gasteiger partial charge in [0.25, 0.3) is 0 Å². The Bertz CT molecular complexity index is 685. The number of nitrogens with one attached hydrogen (secondary N) is 1. The number of piperidine rings is 1. The molecule has 1 heterocycles. The Balaban J connectivity index is 1.52. The van der Waals surface area contributed by atoms with Crippen molar-refractivity contribution in [3.05, 3.63) is 35.4 Å². The summed E-state index contributed by atoms with van der Waals surface area (Å²) in [5.74, 6) is -0.149. The van der Waals surface area contributed by atoms with Gasteiger partial charge < -0.3 is 10.2 Å². The smallest absolute Gasteiger partial charge is 0.352 e. The molecule has 1 amide bonds. The molecular weight excluding hydrogens is 353 g/mol. The lowest BCUT2D eigenvalue weighted by Crippen LogP contribution is -2.41. The van der Waals surface area contributed by atoms with E-state index in [0.29, 0.717) is 0 Å². The fourth-order valence-electron chi connectivity index (χ4n) is 4.35. The SMILES string of the molecule is CC(C)(C)CN1CCC2(CC1)CC2C(=O)NCc1ccccc1C(F)(F)F. The van der Waals surface area contributed by atoms with Crippen molar-refractivity contribution in [3.8, 4) is 0 Å². The van der Waals surface area contributed by atoms with Crippen LogP contribution in [-0.4, -0.2) is 30.4 Å². The Hall–Kier alpha value is -1.56. The quantitative estimate of drug-likeness (QED) is 0.833. The molecule has 0 aromatic heterocycles. The van der Waals surface area contributed by atoms with Crippen molar-refractivity contribution in [1.29, 1.82) is 0 Å². The van der Waals surface area contributed by atoms with Crippen LogP contribution in [0.2, 0.25) is 0 Å². The highest BCUT2D eigenvalue weighted by Crippen LogP contribution is 2.59. The van der Waals surface area contributed by atoms with Crippen LogP contribution in [-0.2, 0) is 17.5 Å². The van der Waals surface area contributed by atoms with Crippen molar-refractivity contribution < 1.29 is 18.0 Å². The van der Waals surface area contributed by atoms with Gasteiger partial charge in [-0.2, -0.15) is 13.2 Å². The molecule has 0 bridgehead atoms. The summed E-state index contributed by atoms with van der Waals surface area (Å²) >= 11 is 0. The van der Waals surface area contributed by atoms with E-state index >= 15 is 0 Å². The number of hydrogen-bond acceptors (Lipinski definition) is 2. The van der Waals surface area contributed by atoms with Gasteiger partial charge in [-0.15, -0.1) is 0 Å². The van der Waals surface area contributed by atoms with Crippen LogP contribution in [0.4, 0.5) is 13.2 Å². The van der Waals surface area contributed by atoms with Gasteiger partial charge in [0.2, 0.25) is 5.91 Å². The first-order valence-corrected chi connectivity index (χ1v) is 9.65. The average Bonchev–Trinajstić information content (AvgIpc) is 3.27. The van der Waals surface area contributed by atoms with Crippen molar-refractivity contribution in [2.75, 3.05) is 19.6 Å². The number of carbonyl (C=O) groups is 1. The molecule has 1 unspecified atom stereocenters. The van der Waals surface area contributed by atoms with E-state index < -0.39 is 11.7 Å². The molecule has 1 aliphatic carbocycles. The zero-order valence-electron chi connectivity index (χ0n) is 16.3. The molecule has 1 N–H and O–H groups in total. The van der Waals surface area contributed by atoms with Gasteiger partial charge in [0.15, 0.2) is 0 Å². The van der Waals surface area contributed by atoms with Crippen molar-refractivity contribution in [1.82, 2.24) is 10.2 Å². The van der Waals surface area contributed by atoms with Crippen LogP contribution in [0, 0.1) is 16.7 Å². The lowest BCUT2D eigenvalue weighted by molar-refractivity contribution is -0.138. The minimum atomic E-state index is -4.40. The second-order valence-corrected chi connectivity index (χ2v) is 9.33. The molecule has 3 rings (SSSR count). The number of rotatable bonds is 4. The van der Waals surface area contributed by atoms with Crippen LogP contribution < -0.4 is 5.32 Å². The highest BCUT2D eigenvalue weighted by atomic mass is 19.4. The Morgan fingerprint density at radius 1 is 1.19 bits per heavy atom. The molecule has 3 nitrogen and oxygen atoms in total. The summed E-state index contributed by atoms with van der Waals surface area (Å²) in [6.45, 7) is 9.65. The summed E-state index contributed by atoms with van der Waals surface area (Å²) in [7, 11) is 0. The van der Waals surface area contributed by atoms with Gasteiger partial charge in [0, 0.05) is 19.0 Å². The molecule has 150 valence electrons. The Morgan fingerprint density at radius 3 is 2.41 bits per heavy atom. The van der Waals surface area contributed by atoms with Crippen molar-refractivity contribution in [3.63, 3.8) is 0 Å². The van der Waals surface area contributed by atoms with E-state index in [9.17, 15) is 18.0 Å². The van der Waals surface area contributed by atoms with Gasteiger partial charge in [-0.1, -0.05) is 39.0 Å². The molecule has 27 heavy (non-hydrogen) atoms. The van der Waals surface area contributed by atoms with E-state index in [-0.39, 0.29) is 34.8 Å². The molecule has 1 aliphatic heterocycles. The number of benzene rings is 1. The molecular formula is C21H29F3N2O. The monoisotopic (exact) mass is 382 g/mol. The number of hydrogen-bond donors (Lipinski definition) is 1. The fourth-order valence-corrected chi connectivity index (χ4v) is 4.35. The fraction of sp³-hybridized carbons (Fsp3) is 0.667. The lowest BCUT2D eigenvalue weighted by Gasteiger charge is -2.36. The summed E-state index contributed by atoms with van der Waals surface area (Å²) in [6, 6.07) is 5.43. The number of carbonyl (C=O) groups excluding carboxylic acids is 1. The first-order chi connectivity index (χ1) is 12.5. The number of likely N-dealkylation sites (tertiary alicyclic amines) is 1. The third-order valence-corrected chi connectivity index (χ3v) is 5.83. The topological polar surface area (TPSA) is 32.3 Å². The Kier molecular flexibility index (Phi) is 5.32. The van der Waals surface area contributed by atoms with Gasteiger partial charge in [0.1, 0.15) is 0 Å². The maximum Gasteiger partial charge on any atom is 0.416 e. The zero-order valence-corrected chi connectivity index (χ0v) is 16.3. The maximum atomic E-state index is 13.1. The summed E-state index contributed by atoms with van der Waals surface area (Å²) in [4.78, 5) is 15.0. The second kappa shape index (κ2) is 7.12. The molecule has 1 saturated carbocycles. The van der Waals surface area contributed by atoms with Crippen LogP contribution in [0.25, 0.3) is 0 Å². The molecule has 6 heteroatoms. The maximum absolute atomic E-state index is 13.1. The molecule has 1 aromatic rings. The van der Waals surface area contributed by atoms with Crippen LogP contribution in [0.3, 0.4) is 0 Å². The zero-order chi connectivity index (χ0) is 19.9. The minimum absolute atomic E-state index is 0.0488. The van der Waals surface area contributed by atoms with Gasteiger partial charge >= 0.3 is 6.18 Å².